The van der Waals surface area contributed by atoms with Gasteiger partial charge in [-0.2, -0.15) is 0 Å². The minimum atomic E-state index is -3.62. The zero-order valence-electron chi connectivity index (χ0n) is 12.1. The number of unbranched alkanes of at least 4 members (excludes halogenated alkanes) is 2. The molecule has 6 heteroatoms. The summed E-state index contributed by atoms with van der Waals surface area (Å²) in [6.45, 7) is 4.13. The molecular weight excluding hydrogens is 278 g/mol. The van der Waals surface area contributed by atoms with Crippen LogP contribution in [0.25, 0.3) is 0 Å². The third-order valence-corrected chi connectivity index (χ3v) is 5.08. The Labute approximate surface area is 120 Å². The highest BCUT2D eigenvalue weighted by atomic mass is 32.2. The Morgan fingerprint density at radius 1 is 1.30 bits per heavy atom. The first-order valence-electron chi connectivity index (χ1n) is 6.61. The average molecular weight is 299 g/mol. The van der Waals surface area contributed by atoms with Gasteiger partial charge in [-0.3, -0.25) is 0 Å². The molecular formula is C14H21NO4S. The molecule has 1 rings (SSSR count). The van der Waals surface area contributed by atoms with Crippen molar-refractivity contribution in [3.63, 3.8) is 0 Å². The molecule has 0 aliphatic carbocycles. The lowest BCUT2D eigenvalue weighted by molar-refractivity contribution is 0.0696. The summed E-state index contributed by atoms with van der Waals surface area (Å²) < 4.78 is 26.0. The summed E-state index contributed by atoms with van der Waals surface area (Å²) in [6.07, 6.45) is 2.78. The quantitative estimate of drug-likeness (QED) is 0.785. The van der Waals surface area contributed by atoms with E-state index in [-0.39, 0.29) is 10.5 Å². The molecule has 0 spiro atoms. The van der Waals surface area contributed by atoms with Crippen LogP contribution >= 0.6 is 0 Å². The maximum Gasteiger partial charge on any atom is 0.335 e. The average Bonchev–Trinajstić information content (AvgIpc) is 2.38. The Bertz CT molecular complexity index is 581. The smallest absolute Gasteiger partial charge is 0.335 e. The summed E-state index contributed by atoms with van der Waals surface area (Å²) >= 11 is 0. The minimum absolute atomic E-state index is 0.0213. The molecule has 5 nitrogen and oxygen atoms in total. The minimum Gasteiger partial charge on any atom is -0.478 e. The Hall–Kier alpha value is -1.40. The molecule has 112 valence electrons. The van der Waals surface area contributed by atoms with Crippen LogP contribution in [-0.2, 0) is 10.0 Å². The van der Waals surface area contributed by atoms with Gasteiger partial charge in [-0.05, 0) is 31.0 Å². The predicted molar refractivity (Wildman–Crippen MR) is 77.5 cm³/mol. The first-order valence-corrected chi connectivity index (χ1v) is 8.05. The number of carboxylic acid groups (broad SMARTS) is 1. The first-order chi connectivity index (χ1) is 9.30. The number of hydrogen-bond acceptors (Lipinski definition) is 3. The maximum atomic E-state index is 12.3. The van der Waals surface area contributed by atoms with Crippen molar-refractivity contribution in [3.8, 4) is 0 Å². The topological polar surface area (TPSA) is 74.7 Å². The fourth-order valence-electron chi connectivity index (χ4n) is 1.88. The van der Waals surface area contributed by atoms with Crippen molar-refractivity contribution >= 4 is 16.0 Å². The van der Waals surface area contributed by atoms with Gasteiger partial charge in [-0.1, -0.05) is 25.8 Å². The Kier molecular flexibility index (Phi) is 5.71. The zero-order valence-corrected chi connectivity index (χ0v) is 12.9. The van der Waals surface area contributed by atoms with Gasteiger partial charge in [0.1, 0.15) is 0 Å². The zero-order chi connectivity index (χ0) is 15.3. The standard InChI is InChI=1S/C14H21NO4S/c1-4-5-6-9-15(3)20(18,19)12-8-7-11(2)13(10-12)14(16)17/h7-8,10H,4-6,9H2,1-3H3,(H,16,17). The van der Waals surface area contributed by atoms with E-state index in [1.54, 1.807) is 6.92 Å². The summed E-state index contributed by atoms with van der Waals surface area (Å²) in [6, 6.07) is 4.20. The number of carbonyl (C=O) groups is 1. The first kappa shape index (κ1) is 16.7. The molecule has 0 unspecified atom stereocenters. The van der Waals surface area contributed by atoms with Crippen molar-refractivity contribution in [2.24, 2.45) is 0 Å². The Morgan fingerprint density at radius 3 is 2.50 bits per heavy atom. The van der Waals surface area contributed by atoms with E-state index in [2.05, 4.69) is 0 Å². The molecule has 0 saturated carbocycles. The van der Waals surface area contributed by atoms with Crippen LogP contribution in [0.5, 0.6) is 0 Å². The number of aryl methyl sites for hydroxylation is 1. The van der Waals surface area contributed by atoms with Crippen molar-refractivity contribution in [1.29, 1.82) is 0 Å². The monoisotopic (exact) mass is 299 g/mol. The molecule has 0 aliphatic rings. The molecule has 20 heavy (non-hydrogen) atoms. The number of carboxylic acids is 1. The highest BCUT2D eigenvalue weighted by molar-refractivity contribution is 7.89. The lowest BCUT2D eigenvalue weighted by atomic mass is 10.1. The molecule has 1 aromatic carbocycles. The van der Waals surface area contributed by atoms with Crippen molar-refractivity contribution in [3.05, 3.63) is 29.3 Å². The van der Waals surface area contributed by atoms with Gasteiger partial charge in [0.15, 0.2) is 0 Å². The molecule has 0 radical (unpaired) electrons. The summed E-state index contributed by atoms with van der Waals surface area (Å²) in [5, 5.41) is 9.06. The largest absolute Gasteiger partial charge is 0.478 e. The van der Waals surface area contributed by atoms with E-state index in [0.717, 1.165) is 19.3 Å². The molecule has 0 saturated heterocycles. The van der Waals surface area contributed by atoms with E-state index in [0.29, 0.717) is 12.1 Å². The SMILES string of the molecule is CCCCCN(C)S(=O)(=O)c1ccc(C)c(C(=O)O)c1. The van der Waals surface area contributed by atoms with Crippen LogP contribution in [0.3, 0.4) is 0 Å². The van der Waals surface area contributed by atoms with Gasteiger partial charge in [0.05, 0.1) is 10.5 Å². The fourth-order valence-corrected chi connectivity index (χ4v) is 3.11. The third-order valence-electron chi connectivity index (χ3n) is 3.22. The van der Waals surface area contributed by atoms with Gasteiger partial charge in [-0.15, -0.1) is 0 Å². The van der Waals surface area contributed by atoms with Crippen molar-refractivity contribution in [2.75, 3.05) is 13.6 Å². The fraction of sp³-hybridized carbons (Fsp3) is 0.500. The van der Waals surface area contributed by atoms with Crippen LogP contribution < -0.4 is 0 Å². The molecule has 0 aromatic heterocycles. The normalized spacial score (nSPS) is 11.8. The molecule has 0 aliphatic heterocycles. The second-order valence-corrected chi connectivity index (χ2v) is 6.86. The second-order valence-electron chi connectivity index (χ2n) is 4.82. The summed E-state index contributed by atoms with van der Waals surface area (Å²) in [4.78, 5) is 11.1. The number of nitrogens with zero attached hydrogens (tertiary/aromatic N) is 1. The molecule has 1 aromatic rings. The molecule has 0 atom stereocenters. The van der Waals surface area contributed by atoms with Gasteiger partial charge in [0.2, 0.25) is 10.0 Å². The van der Waals surface area contributed by atoms with Crippen molar-refractivity contribution in [1.82, 2.24) is 4.31 Å². The van der Waals surface area contributed by atoms with E-state index >= 15 is 0 Å². The Morgan fingerprint density at radius 2 is 1.95 bits per heavy atom. The highest BCUT2D eigenvalue weighted by Crippen LogP contribution is 2.19. The molecule has 0 fully saturated rings. The lowest BCUT2D eigenvalue weighted by Crippen LogP contribution is -2.28. The molecule has 0 bridgehead atoms. The number of benzene rings is 1. The summed E-state index contributed by atoms with van der Waals surface area (Å²) in [7, 11) is -2.10. The van der Waals surface area contributed by atoms with E-state index in [4.69, 9.17) is 5.11 Å². The van der Waals surface area contributed by atoms with Crippen LogP contribution in [0.2, 0.25) is 0 Å². The van der Waals surface area contributed by atoms with Crippen LogP contribution in [0.15, 0.2) is 23.1 Å². The van der Waals surface area contributed by atoms with Gasteiger partial charge in [0.25, 0.3) is 0 Å². The van der Waals surface area contributed by atoms with E-state index in [1.807, 2.05) is 6.92 Å². The number of aromatic carboxylic acids is 1. The second kappa shape index (κ2) is 6.85. The lowest BCUT2D eigenvalue weighted by Gasteiger charge is -2.17. The van der Waals surface area contributed by atoms with Crippen LogP contribution in [0, 0.1) is 6.92 Å². The van der Waals surface area contributed by atoms with Crippen molar-refractivity contribution in [2.45, 2.75) is 38.0 Å². The van der Waals surface area contributed by atoms with E-state index in [1.165, 1.54) is 29.6 Å². The molecule has 0 amide bonds. The van der Waals surface area contributed by atoms with Gasteiger partial charge < -0.3 is 5.11 Å². The van der Waals surface area contributed by atoms with Crippen LogP contribution in [-0.4, -0.2) is 37.4 Å². The van der Waals surface area contributed by atoms with Crippen LogP contribution in [0.4, 0.5) is 0 Å². The van der Waals surface area contributed by atoms with Gasteiger partial charge >= 0.3 is 5.97 Å². The highest BCUT2D eigenvalue weighted by Gasteiger charge is 2.22. The summed E-state index contributed by atoms with van der Waals surface area (Å²) in [5.74, 6) is -1.12. The number of rotatable bonds is 7. The number of sulfonamides is 1. The third kappa shape index (κ3) is 3.80. The number of hydrogen-bond donors (Lipinski definition) is 1. The van der Waals surface area contributed by atoms with E-state index < -0.39 is 16.0 Å². The van der Waals surface area contributed by atoms with Gasteiger partial charge in [0, 0.05) is 13.6 Å². The van der Waals surface area contributed by atoms with E-state index in [9.17, 15) is 13.2 Å². The molecule has 1 N–H and O–H groups in total. The van der Waals surface area contributed by atoms with Gasteiger partial charge in [-0.25, -0.2) is 17.5 Å². The van der Waals surface area contributed by atoms with Crippen molar-refractivity contribution < 1.29 is 18.3 Å². The predicted octanol–water partition coefficient (Wildman–Crippen LogP) is 2.50. The molecule has 0 heterocycles. The Balaban J connectivity index is 3.03. The maximum absolute atomic E-state index is 12.3. The van der Waals surface area contributed by atoms with Crippen LogP contribution in [0.1, 0.15) is 42.1 Å². The summed E-state index contributed by atoms with van der Waals surface area (Å²) in [5.41, 5.74) is 0.568.